The van der Waals surface area contributed by atoms with Crippen LogP contribution in [0, 0.1) is 13.8 Å². The summed E-state index contributed by atoms with van der Waals surface area (Å²) in [6, 6.07) is 9.79. The van der Waals surface area contributed by atoms with Gasteiger partial charge in [-0.2, -0.15) is 0 Å². The minimum atomic E-state index is -0.0779. The second-order valence-electron chi connectivity index (χ2n) is 5.51. The molecule has 1 N–H and O–H groups in total. The molecule has 3 aromatic rings. The van der Waals surface area contributed by atoms with Crippen molar-refractivity contribution in [2.24, 2.45) is 0 Å². The van der Waals surface area contributed by atoms with E-state index in [1.807, 2.05) is 51.1 Å². The van der Waals surface area contributed by atoms with Crippen molar-refractivity contribution in [3.8, 4) is 10.8 Å². The zero-order valence-electron chi connectivity index (χ0n) is 14.1. The maximum absolute atomic E-state index is 12.1. The molecule has 0 aliphatic carbocycles. The molecule has 2 aromatic heterocycles. The van der Waals surface area contributed by atoms with Crippen molar-refractivity contribution in [3.63, 3.8) is 0 Å². The number of aromatic nitrogens is 3. The van der Waals surface area contributed by atoms with Gasteiger partial charge in [0.1, 0.15) is 4.88 Å². The molecular weight excluding hydrogens is 356 g/mol. The Bertz CT molecular complexity index is 861. The zero-order chi connectivity index (χ0) is 17.8. The Morgan fingerprint density at radius 2 is 2.04 bits per heavy atom. The Morgan fingerprint density at radius 1 is 1.28 bits per heavy atom. The lowest BCUT2D eigenvalue weighted by Gasteiger charge is -2.13. The van der Waals surface area contributed by atoms with E-state index in [9.17, 15) is 4.79 Å². The van der Waals surface area contributed by atoms with Gasteiger partial charge in [-0.15, -0.1) is 21.5 Å². The monoisotopic (exact) mass is 374 g/mol. The van der Waals surface area contributed by atoms with Crippen LogP contribution in [0.3, 0.4) is 0 Å². The summed E-state index contributed by atoms with van der Waals surface area (Å²) in [5, 5.41) is 12.3. The first-order valence-electron chi connectivity index (χ1n) is 7.78. The van der Waals surface area contributed by atoms with Gasteiger partial charge in [0, 0.05) is 0 Å². The van der Waals surface area contributed by atoms with Crippen LogP contribution >= 0.6 is 23.1 Å². The van der Waals surface area contributed by atoms with E-state index < -0.39 is 0 Å². The van der Waals surface area contributed by atoms with E-state index in [0.29, 0.717) is 11.1 Å². The van der Waals surface area contributed by atoms with Crippen LogP contribution in [0.25, 0.3) is 10.8 Å². The predicted octanol–water partition coefficient (Wildman–Crippen LogP) is 3.78. The number of nitrogens with zero attached hydrogens (tertiary/aromatic N) is 3. The quantitative estimate of drug-likeness (QED) is 0.661. The highest BCUT2D eigenvalue weighted by Gasteiger charge is 2.16. The summed E-state index contributed by atoms with van der Waals surface area (Å²) in [7, 11) is 0. The van der Waals surface area contributed by atoms with Crippen molar-refractivity contribution in [3.05, 3.63) is 46.6 Å². The summed E-state index contributed by atoms with van der Waals surface area (Å²) in [5.41, 5.74) is 1.94. The minimum Gasteiger partial charge on any atom is -0.410 e. The summed E-state index contributed by atoms with van der Waals surface area (Å²) in [6.45, 7) is 5.80. The molecule has 1 aromatic carbocycles. The lowest BCUT2D eigenvalue weighted by molar-refractivity contribution is -0.119. The summed E-state index contributed by atoms with van der Waals surface area (Å²) < 4.78 is 5.64. The van der Waals surface area contributed by atoms with Crippen LogP contribution in [0.2, 0.25) is 0 Å². The number of rotatable bonds is 6. The van der Waals surface area contributed by atoms with E-state index in [4.69, 9.17) is 4.42 Å². The van der Waals surface area contributed by atoms with Crippen molar-refractivity contribution in [2.45, 2.75) is 32.0 Å². The van der Waals surface area contributed by atoms with Gasteiger partial charge in [-0.05, 0) is 26.3 Å². The Hall–Kier alpha value is -2.19. The average Bonchev–Trinajstić information content (AvgIpc) is 3.19. The number of carbonyl (C=O) groups is 1. The number of hydrogen-bond acceptors (Lipinski definition) is 7. The average molecular weight is 374 g/mol. The molecule has 0 fully saturated rings. The van der Waals surface area contributed by atoms with Crippen molar-refractivity contribution in [1.82, 2.24) is 20.5 Å². The van der Waals surface area contributed by atoms with Crippen molar-refractivity contribution in [1.29, 1.82) is 0 Å². The van der Waals surface area contributed by atoms with E-state index >= 15 is 0 Å². The molecule has 0 radical (unpaired) electrons. The summed E-state index contributed by atoms with van der Waals surface area (Å²) in [4.78, 5) is 17.3. The fourth-order valence-electron chi connectivity index (χ4n) is 2.33. The van der Waals surface area contributed by atoms with Gasteiger partial charge in [-0.1, -0.05) is 42.1 Å². The minimum absolute atomic E-state index is 0.0460. The van der Waals surface area contributed by atoms with Gasteiger partial charge in [-0.25, -0.2) is 4.98 Å². The van der Waals surface area contributed by atoms with E-state index in [0.717, 1.165) is 21.1 Å². The first-order valence-corrected chi connectivity index (χ1v) is 9.58. The summed E-state index contributed by atoms with van der Waals surface area (Å²) in [6.07, 6.45) is 0. The Morgan fingerprint density at radius 3 is 2.72 bits per heavy atom. The zero-order valence-corrected chi connectivity index (χ0v) is 15.8. The molecule has 8 heteroatoms. The summed E-state index contributed by atoms with van der Waals surface area (Å²) >= 11 is 2.74. The van der Waals surface area contributed by atoms with E-state index in [-0.39, 0.29) is 17.7 Å². The lowest BCUT2D eigenvalue weighted by atomic mass is 10.1. The van der Waals surface area contributed by atoms with Crippen LogP contribution in [0.1, 0.15) is 29.2 Å². The number of carbonyl (C=O) groups excluding carboxylic acids is 1. The van der Waals surface area contributed by atoms with Crippen molar-refractivity contribution in [2.75, 3.05) is 5.75 Å². The molecule has 0 saturated heterocycles. The number of amides is 1. The third kappa shape index (κ3) is 4.46. The molecule has 3 rings (SSSR count). The second kappa shape index (κ2) is 7.79. The Balaban J connectivity index is 1.55. The first-order chi connectivity index (χ1) is 12.0. The number of nitrogens with one attached hydrogen (secondary N) is 1. The number of aryl methyl sites for hydroxylation is 2. The van der Waals surface area contributed by atoms with Crippen LogP contribution in [0.4, 0.5) is 0 Å². The highest BCUT2D eigenvalue weighted by molar-refractivity contribution is 7.99. The number of thioether (sulfide) groups is 1. The highest BCUT2D eigenvalue weighted by atomic mass is 32.2. The van der Waals surface area contributed by atoms with Crippen molar-refractivity contribution < 1.29 is 9.21 Å². The molecule has 0 aliphatic heterocycles. The predicted molar refractivity (Wildman–Crippen MR) is 98.6 cm³/mol. The first kappa shape index (κ1) is 17.6. The molecule has 0 aliphatic rings. The molecule has 0 bridgehead atoms. The van der Waals surface area contributed by atoms with E-state index in [2.05, 4.69) is 20.5 Å². The third-order valence-corrected chi connectivity index (χ3v) is 5.39. The van der Waals surface area contributed by atoms with Gasteiger partial charge in [0.25, 0.3) is 11.1 Å². The summed E-state index contributed by atoms with van der Waals surface area (Å²) in [5.74, 6) is 0.592. The normalized spacial score (nSPS) is 12.1. The van der Waals surface area contributed by atoms with Gasteiger partial charge < -0.3 is 9.73 Å². The molecule has 1 amide bonds. The molecule has 1 atom stereocenters. The van der Waals surface area contributed by atoms with Gasteiger partial charge in [-0.3, -0.25) is 4.79 Å². The molecule has 0 spiro atoms. The fourth-order valence-corrected chi connectivity index (χ4v) is 3.74. The second-order valence-corrected chi connectivity index (χ2v) is 7.64. The maximum atomic E-state index is 12.1. The molecule has 0 saturated carbocycles. The molecule has 130 valence electrons. The van der Waals surface area contributed by atoms with Crippen LogP contribution in [-0.4, -0.2) is 26.8 Å². The SMILES string of the molecule is Cc1nc(C)c(-c2nnc(SCC(=O)NC(C)c3ccccc3)o2)s1. The largest absolute Gasteiger partial charge is 0.410 e. The fraction of sp³-hybridized carbons (Fsp3) is 0.294. The number of benzene rings is 1. The topological polar surface area (TPSA) is 80.9 Å². The molecule has 2 heterocycles. The smallest absolute Gasteiger partial charge is 0.277 e. The molecular formula is C17H18N4O2S2. The van der Waals surface area contributed by atoms with Gasteiger partial charge in [0.15, 0.2) is 0 Å². The Kier molecular flexibility index (Phi) is 5.50. The van der Waals surface area contributed by atoms with E-state index in [1.54, 1.807) is 0 Å². The van der Waals surface area contributed by atoms with Crippen LogP contribution in [0.5, 0.6) is 0 Å². The van der Waals surface area contributed by atoms with Gasteiger partial charge in [0.2, 0.25) is 5.91 Å². The number of thiazole rings is 1. The Labute approximate surface area is 154 Å². The molecule has 1 unspecified atom stereocenters. The number of hydrogen-bond donors (Lipinski definition) is 1. The lowest BCUT2D eigenvalue weighted by Crippen LogP contribution is -2.28. The maximum Gasteiger partial charge on any atom is 0.277 e. The molecule has 6 nitrogen and oxygen atoms in total. The third-order valence-electron chi connectivity index (χ3n) is 3.51. The standard InChI is InChI=1S/C17H18N4O2S2/c1-10(13-7-5-4-6-8-13)19-14(22)9-24-17-21-20-16(23-17)15-11(2)18-12(3)25-15/h4-8,10H,9H2,1-3H3,(H,19,22). The van der Waals surface area contributed by atoms with Gasteiger partial charge in [0.05, 0.1) is 22.5 Å². The van der Waals surface area contributed by atoms with Gasteiger partial charge >= 0.3 is 0 Å². The molecule has 25 heavy (non-hydrogen) atoms. The van der Waals surface area contributed by atoms with E-state index in [1.165, 1.54) is 23.1 Å². The van der Waals surface area contributed by atoms with Crippen LogP contribution < -0.4 is 5.32 Å². The van der Waals surface area contributed by atoms with Crippen molar-refractivity contribution >= 4 is 29.0 Å². The highest BCUT2D eigenvalue weighted by Crippen LogP contribution is 2.30. The van der Waals surface area contributed by atoms with Crippen LogP contribution in [-0.2, 0) is 4.79 Å². The van der Waals surface area contributed by atoms with Crippen LogP contribution in [0.15, 0.2) is 40.0 Å².